The largest absolute Gasteiger partial charge is 0.275 e. The lowest BCUT2D eigenvalue weighted by Gasteiger charge is -2.34. The van der Waals surface area contributed by atoms with E-state index in [0.717, 1.165) is 12.8 Å². The molecule has 0 aromatic carbocycles. The number of amides is 1. The second kappa shape index (κ2) is 4.30. The number of hydrazine groups is 1. The summed E-state index contributed by atoms with van der Waals surface area (Å²) in [5, 5.41) is 1.41. The molecule has 0 heterocycles. The molecular formula is C11H22N2O. The maximum absolute atomic E-state index is 11.9. The minimum atomic E-state index is -0.255. The Morgan fingerprint density at radius 2 is 1.71 bits per heavy atom. The fourth-order valence-corrected chi connectivity index (χ4v) is 1.88. The molecule has 1 aliphatic rings. The third-order valence-electron chi connectivity index (χ3n) is 2.91. The standard InChI is InChI=1S/C11H22N2O/c1-11(2,3)13(12)10(14)9-7-5-4-6-8-9/h9H,4-8,12H2,1-3H3. The van der Waals surface area contributed by atoms with Gasteiger partial charge in [-0.3, -0.25) is 9.80 Å². The number of carbonyl (C=O) groups excluding carboxylic acids is 1. The normalized spacial score (nSPS) is 19.4. The van der Waals surface area contributed by atoms with E-state index in [-0.39, 0.29) is 17.4 Å². The molecular weight excluding hydrogens is 176 g/mol. The molecule has 3 heteroatoms. The van der Waals surface area contributed by atoms with E-state index in [1.165, 1.54) is 24.3 Å². The van der Waals surface area contributed by atoms with Gasteiger partial charge in [-0.2, -0.15) is 0 Å². The Balaban J connectivity index is 2.55. The first-order chi connectivity index (χ1) is 6.43. The van der Waals surface area contributed by atoms with Crippen molar-refractivity contribution >= 4 is 5.91 Å². The lowest BCUT2D eigenvalue weighted by Crippen LogP contribution is -2.52. The highest BCUT2D eigenvalue weighted by Crippen LogP contribution is 2.26. The molecule has 1 aliphatic carbocycles. The van der Waals surface area contributed by atoms with Crippen LogP contribution in [0.2, 0.25) is 0 Å². The Bertz CT molecular complexity index is 202. The Morgan fingerprint density at radius 3 is 2.14 bits per heavy atom. The second-order valence-electron chi connectivity index (χ2n) is 5.21. The van der Waals surface area contributed by atoms with Crippen LogP contribution in [0.5, 0.6) is 0 Å². The molecule has 0 atom stereocenters. The van der Waals surface area contributed by atoms with Gasteiger partial charge < -0.3 is 0 Å². The minimum absolute atomic E-state index is 0.122. The molecule has 1 saturated carbocycles. The van der Waals surface area contributed by atoms with Crippen molar-refractivity contribution in [3.05, 3.63) is 0 Å². The van der Waals surface area contributed by atoms with Crippen molar-refractivity contribution in [2.75, 3.05) is 0 Å². The van der Waals surface area contributed by atoms with Crippen molar-refractivity contribution < 1.29 is 4.79 Å². The number of hydrogen-bond acceptors (Lipinski definition) is 2. The second-order valence-corrected chi connectivity index (χ2v) is 5.21. The number of nitrogens with zero attached hydrogens (tertiary/aromatic N) is 1. The van der Waals surface area contributed by atoms with Gasteiger partial charge in [0.1, 0.15) is 0 Å². The Labute approximate surface area is 86.6 Å². The average Bonchev–Trinajstić information content (AvgIpc) is 2.15. The van der Waals surface area contributed by atoms with Gasteiger partial charge in [0, 0.05) is 5.92 Å². The van der Waals surface area contributed by atoms with Crippen LogP contribution in [0.1, 0.15) is 52.9 Å². The van der Waals surface area contributed by atoms with Gasteiger partial charge in [-0.1, -0.05) is 19.3 Å². The van der Waals surface area contributed by atoms with Crippen molar-refractivity contribution in [3.63, 3.8) is 0 Å². The van der Waals surface area contributed by atoms with Gasteiger partial charge in [-0.15, -0.1) is 0 Å². The third kappa shape index (κ3) is 2.71. The fraction of sp³-hybridized carbons (Fsp3) is 0.909. The number of carbonyl (C=O) groups is 1. The first-order valence-corrected chi connectivity index (χ1v) is 5.51. The van der Waals surface area contributed by atoms with Gasteiger partial charge in [-0.25, -0.2) is 5.84 Å². The zero-order valence-electron chi connectivity index (χ0n) is 9.55. The summed E-state index contributed by atoms with van der Waals surface area (Å²) in [6.07, 6.45) is 5.65. The summed E-state index contributed by atoms with van der Waals surface area (Å²) in [6, 6.07) is 0. The van der Waals surface area contributed by atoms with Gasteiger partial charge in [0.25, 0.3) is 0 Å². The van der Waals surface area contributed by atoms with E-state index in [2.05, 4.69) is 0 Å². The first-order valence-electron chi connectivity index (χ1n) is 5.51. The Morgan fingerprint density at radius 1 is 1.21 bits per heavy atom. The summed E-state index contributed by atoms with van der Waals surface area (Å²) in [5.41, 5.74) is -0.255. The van der Waals surface area contributed by atoms with Crippen LogP contribution in [-0.4, -0.2) is 16.5 Å². The number of nitrogens with two attached hydrogens (primary N) is 1. The molecule has 0 spiro atoms. The van der Waals surface area contributed by atoms with Crippen LogP contribution < -0.4 is 5.84 Å². The molecule has 82 valence electrons. The molecule has 0 radical (unpaired) electrons. The molecule has 0 aliphatic heterocycles. The molecule has 14 heavy (non-hydrogen) atoms. The lowest BCUT2D eigenvalue weighted by molar-refractivity contribution is -0.141. The van der Waals surface area contributed by atoms with Crippen molar-refractivity contribution in [3.8, 4) is 0 Å². The maximum atomic E-state index is 11.9. The Hall–Kier alpha value is -0.570. The van der Waals surface area contributed by atoms with Crippen LogP contribution in [0.3, 0.4) is 0 Å². The molecule has 3 nitrogen and oxygen atoms in total. The van der Waals surface area contributed by atoms with Gasteiger partial charge in [0.2, 0.25) is 5.91 Å². The molecule has 1 amide bonds. The predicted molar refractivity (Wildman–Crippen MR) is 57.4 cm³/mol. The molecule has 2 N–H and O–H groups in total. The zero-order valence-corrected chi connectivity index (χ0v) is 9.55. The summed E-state index contributed by atoms with van der Waals surface area (Å²) in [7, 11) is 0. The van der Waals surface area contributed by atoms with E-state index in [1.54, 1.807) is 0 Å². The van der Waals surface area contributed by atoms with Crippen LogP contribution >= 0.6 is 0 Å². The summed E-state index contributed by atoms with van der Waals surface area (Å²) in [6.45, 7) is 5.90. The monoisotopic (exact) mass is 198 g/mol. The van der Waals surface area contributed by atoms with Gasteiger partial charge in [0.05, 0.1) is 5.54 Å². The summed E-state index contributed by atoms with van der Waals surface area (Å²) >= 11 is 0. The van der Waals surface area contributed by atoms with Gasteiger partial charge in [-0.05, 0) is 33.6 Å². The highest BCUT2D eigenvalue weighted by Gasteiger charge is 2.30. The highest BCUT2D eigenvalue weighted by molar-refractivity contribution is 5.79. The molecule has 0 bridgehead atoms. The van der Waals surface area contributed by atoms with E-state index >= 15 is 0 Å². The first kappa shape index (κ1) is 11.5. The predicted octanol–water partition coefficient (Wildman–Crippen LogP) is 2.07. The Kier molecular flexibility index (Phi) is 3.53. The quantitative estimate of drug-likeness (QED) is 0.398. The van der Waals surface area contributed by atoms with Crippen molar-refractivity contribution in [2.45, 2.75) is 58.4 Å². The zero-order chi connectivity index (χ0) is 10.8. The summed E-state index contributed by atoms with van der Waals surface area (Å²) < 4.78 is 0. The van der Waals surface area contributed by atoms with Crippen molar-refractivity contribution in [1.82, 2.24) is 5.01 Å². The van der Waals surface area contributed by atoms with E-state index in [1.807, 2.05) is 20.8 Å². The van der Waals surface area contributed by atoms with E-state index in [4.69, 9.17) is 5.84 Å². The number of rotatable bonds is 1. The van der Waals surface area contributed by atoms with Crippen LogP contribution in [0.4, 0.5) is 0 Å². The minimum Gasteiger partial charge on any atom is -0.275 e. The molecule has 0 saturated heterocycles. The van der Waals surface area contributed by atoms with E-state index in [0.29, 0.717) is 0 Å². The maximum Gasteiger partial charge on any atom is 0.240 e. The third-order valence-corrected chi connectivity index (χ3v) is 2.91. The summed E-state index contributed by atoms with van der Waals surface area (Å²) in [5.74, 6) is 6.11. The van der Waals surface area contributed by atoms with Crippen LogP contribution in [0, 0.1) is 5.92 Å². The van der Waals surface area contributed by atoms with E-state index < -0.39 is 0 Å². The highest BCUT2D eigenvalue weighted by atomic mass is 16.2. The van der Waals surface area contributed by atoms with Crippen molar-refractivity contribution in [2.24, 2.45) is 11.8 Å². The van der Waals surface area contributed by atoms with Crippen LogP contribution in [-0.2, 0) is 4.79 Å². The SMILES string of the molecule is CC(C)(C)N(N)C(=O)C1CCCCC1. The molecule has 0 unspecified atom stereocenters. The van der Waals surface area contributed by atoms with Gasteiger partial charge in [0.15, 0.2) is 0 Å². The van der Waals surface area contributed by atoms with E-state index in [9.17, 15) is 4.79 Å². The van der Waals surface area contributed by atoms with Crippen LogP contribution in [0.25, 0.3) is 0 Å². The molecule has 1 rings (SSSR count). The molecule has 0 aromatic heterocycles. The topological polar surface area (TPSA) is 46.3 Å². The number of hydrogen-bond donors (Lipinski definition) is 1. The van der Waals surface area contributed by atoms with Gasteiger partial charge >= 0.3 is 0 Å². The average molecular weight is 198 g/mol. The fourth-order valence-electron chi connectivity index (χ4n) is 1.88. The van der Waals surface area contributed by atoms with Crippen molar-refractivity contribution in [1.29, 1.82) is 0 Å². The van der Waals surface area contributed by atoms with Crippen LogP contribution in [0.15, 0.2) is 0 Å². The smallest absolute Gasteiger partial charge is 0.240 e. The lowest BCUT2D eigenvalue weighted by atomic mass is 9.88. The molecule has 1 fully saturated rings. The molecule has 0 aromatic rings. The summed E-state index contributed by atoms with van der Waals surface area (Å²) in [4.78, 5) is 11.9.